The minimum atomic E-state index is -1.84. The zero-order chi connectivity index (χ0) is 8.27. The molecule has 1 unspecified atom stereocenters. The van der Waals surface area contributed by atoms with Crippen LogP contribution in [-0.4, -0.2) is 38.3 Å². The standard InChI is InChI=1S/C8H10O2S.Na.H/c1-2-7-5-3-4-6-8(7)11(9)10;;/h3-6H,2H2,1H3,(H,9,10);;. The first kappa shape index (κ1) is 12.3. The molecule has 12 heavy (non-hydrogen) atoms. The van der Waals surface area contributed by atoms with Crippen LogP contribution in [-0.2, 0) is 17.5 Å². The molecule has 1 atom stereocenters. The first-order chi connectivity index (χ1) is 5.25. The maximum atomic E-state index is 10.7. The van der Waals surface area contributed by atoms with E-state index in [1.165, 1.54) is 0 Å². The quantitative estimate of drug-likeness (QED) is 0.567. The van der Waals surface area contributed by atoms with E-state index in [1.807, 2.05) is 19.1 Å². The summed E-state index contributed by atoms with van der Waals surface area (Å²) in [6.45, 7) is 1.96. The molecular weight excluding hydrogens is 183 g/mol. The second kappa shape index (κ2) is 5.89. The molecule has 0 aromatic heterocycles. The van der Waals surface area contributed by atoms with Crippen LogP contribution in [0.3, 0.4) is 0 Å². The molecule has 0 radical (unpaired) electrons. The molecule has 0 fully saturated rings. The molecule has 1 rings (SSSR count). The Morgan fingerprint density at radius 2 is 2.00 bits per heavy atom. The van der Waals surface area contributed by atoms with Gasteiger partial charge in [-0.1, -0.05) is 25.1 Å². The third kappa shape index (κ3) is 2.99. The second-order valence-corrected chi connectivity index (χ2v) is 3.15. The Bertz CT molecular complexity index is 276. The number of benzene rings is 1. The van der Waals surface area contributed by atoms with Crippen molar-refractivity contribution in [2.24, 2.45) is 0 Å². The van der Waals surface area contributed by atoms with Crippen molar-refractivity contribution in [2.75, 3.05) is 0 Å². The second-order valence-electron chi connectivity index (χ2n) is 2.21. The Morgan fingerprint density at radius 3 is 2.42 bits per heavy atom. The number of hydrogen-bond acceptors (Lipinski definition) is 1. The van der Waals surface area contributed by atoms with Crippen LogP contribution in [0.25, 0.3) is 0 Å². The monoisotopic (exact) mass is 194 g/mol. The van der Waals surface area contributed by atoms with Crippen molar-refractivity contribution in [1.82, 2.24) is 0 Å². The number of hydrogen-bond donors (Lipinski definition) is 1. The fraction of sp³-hybridized carbons (Fsp3) is 0.250. The van der Waals surface area contributed by atoms with Gasteiger partial charge in [0.05, 0.1) is 4.90 Å². The average Bonchev–Trinajstić information content (AvgIpc) is 2.04. The molecular formula is C8H11NaO2S. The molecule has 0 bridgehead atoms. The Labute approximate surface area is 97.0 Å². The third-order valence-corrected chi connectivity index (χ3v) is 2.32. The van der Waals surface area contributed by atoms with E-state index in [0.29, 0.717) is 4.90 Å². The molecule has 62 valence electrons. The van der Waals surface area contributed by atoms with Gasteiger partial charge in [-0.2, -0.15) is 0 Å². The molecule has 1 aromatic rings. The summed E-state index contributed by atoms with van der Waals surface area (Å²) >= 11 is -1.84. The summed E-state index contributed by atoms with van der Waals surface area (Å²) in [7, 11) is 0. The van der Waals surface area contributed by atoms with E-state index in [-0.39, 0.29) is 29.6 Å². The molecule has 0 aliphatic heterocycles. The van der Waals surface area contributed by atoms with E-state index in [2.05, 4.69) is 0 Å². The molecule has 0 aliphatic rings. The van der Waals surface area contributed by atoms with Gasteiger partial charge in [-0.15, -0.1) is 0 Å². The zero-order valence-electron chi connectivity index (χ0n) is 6.28. The summed E-state index contributed by atoms with van der Waals surface area (Å²) in [4.78, 5) is 0.523. The molecule has 0 amide bonds. The molecule has 1 N–H and O–H groups in total. The normalized spacial score (nSPS) is 11.8. The van der Waals surface area contributed by atoms with Gasteiger partial charge in [0.25, 0.3) is 0 Å². The zero-order valence-corrected chi connectivity index (χ0v) is 7.10. The van der Waals surface area contributed by atoms with E-state index in [0.717, 1.165) is 12.0 Å². The van der Waals surface area contributed by atoms with E-state index in [4.69, 9.17) is 4.55 Å². The molecule has 0 saturated heterocycles. The fourth-order valence-electron chi connectivity index (χ4n) is 0.966. The first-order valence-corrected chi connectivity index (χ1v) is 4.55. The summed E-state index contributed by atoms with van der Waals surface area (Å²) < 4.78 is 19.5. The van der Waals surface area contributed by atoms with Crippen LogP contribution in [0, 0.1) is 0 Å². The summed E-state index contributed by atoms with van der Waals surface area (Å²) in [6.07, 6.45) is 0.794. The van der Waals surface area contributed by atoms with Crippen molar-refractivity contribution in [3.05, 3.63) is 29.8 Å². The molecule has 0 saturated carbocycles. The van der Waals surface area contributed by atoms with Gasteiger partial charge in [-0.25, -0.2) is 4.21 Å². The van der Waals surface area contributed by atoms with Crippen molar-refractivity contribution in [3.8, 4) is 0 Å². The number of aryl methyl sites for hydroxylation is 1. The molecule has 2 nitrogen and oxygen atoms in total. The summed E-state index contributed by atoms with van der Waals surface area (Å²) in [6, 6.07) is 7.18. The van der Waals surface area contributed by atoms with Crippen LogP contribution in [0.2, 0.25) is 0 Å². The summed E-state index contributed by atoms with van der Waals surface area (Å²) in [5, 5.41) is 0. The third-order valence-electron chi connectivity index (χ3n) is 1.54. The van der Waals surface area contributed by atoms with E-state index >= 15 is 0 Å². The van der Waals surface area contributed by atoms with E-state index in [9.17, 15) is 4.21 Å². The fourth-order valence-corrected chi connectivity index (χ4v) is 1.60. The van der Waals surface area contributed by atoms with E-state index < -0.39 is 11.1 Å². The van der Waals surface area contributed by atoms with Crippen LogP contribution in [0.15, 0.2) is 29.2 Å². The van der Waals surface area contributed by atoms with Crippen LogP contribution in [0.1, 0.15) is 12.5 Å². The van der Waals surface area contributed by atoms with Gasteiger partial charge in [0.15, 0.2) is 11.1 Å². The molecule has 0 heterocycles. The first-order valence-electron chi connectivity index (χ1n) is 3.44. The van der Waals surface area contributed by atoms with Crippen molar-refractivity contribution >= 4 is 40.6 Å². The van der Waals surface area contributed by atoms with Crippen molar-refractivity contribution in [1.29, 1.82) is 0 Å². The topological polar surface area (TPSA) is 37.3 Å². The maximum absolute atomic E-state index is 10.7. The summed E-state index contributed by atoms with van der Waals surface area (Å²) in [5.41, 5.74) is 0.938. The molecule has 0 aliphatic carbocycles. The van der Waals surface area contributed by atoms with Crippen LogP contribution in [0.5, 0.6) is 0 Å². The van der Waals surface area contributed by atoms with Gasteiger partial charge in [0.2, 0.25) is 0 Å². The Morgan fingerprint density at radius 1 is 1.42 bits per heavy atom. The van der Waals surface area contributed by atoms with Gasteiger partial charge in [-0.05, 0) is 18.1 Å². The average molecular weight is 194 g/mol. The molecule has 0 spiro atoms. The molecule has 4 heteroatoms. The van der Waals surface area contributed by atoms with Gasteiger partial charge in [-0.3, -0.25) is 0 Å². The van der Waals surface area contributed by atoms with Gasteiger partial charge < -0.3 is 4.55 Å². The van der Waals surface area contributed by atoms with Gasteiger partial charge in [0.1, 0.15) is 0 Å². The van der Waals surface area contributed by atoms with Crippen molar-refractivity contribution < 1.29 is 8.76 Å². The Hall–Kier alpha value is 0.330. The van der Waals surface area contributed by atoms with E-state index in [1.54, 1.807) is 12.1 Å². The predicted octanol–water partition coefficient (Wildman–Crippen LogP) is 1.18. The Balaban J connectivity index is 0.00000121. The van der Waals surface area contributed by atoms with Crippen LogP contribution < -0.4 is 0 Å². The van der Waals surface area contributed by atoms with Gasteiger partial charge in [0, 0.05) is 0 Å². The van der Waals surface area contributed by atoms with Gasteiger partial charge >= 0.3 is 29.6 Å². The SMILES string of the molecule is CCc1ccccc1S(=O)O.[NaH]. The Kier molecular flexibility index (Phi) is 6.05. The van der Waals surface area contributed by atoms with Crippen molar-refractivity contribution in [3.63, 3.8) is 0 Å². The number of rotatable bonds is 2. The summed E-state index contributed by atoms with van der Waals surface area (Å²) in [5.74, 6) is 0. The van der Waals surface area contributed by atoms with Crippen molar-refractivity contribution in [2.45, 2.75) is 18.2 Å². The van der Waals surface area contributed by atoms with Crippen LogP contribution in [0.4, 0.5) is 0 Å². The minimum absolute atomic E-state index is 0. The van der Waals surface area contributed by atoms with Crippen LogP contribution >= 0.6 is 0 Å². The predicted molar refractivity (Wildman–Crippen MR) is 52.0 cm³/mol. The molecule has 1 aromatic carbocycles.